The zero-order valence-electron chi connectivity index (χ0n) is 16.7. The van der Waals surface area contributed by atoms with Gasteiger partial charge in [0.25, 0.3) is 5.56 Å². The van der Waals surface area contributed by atoms with Crippen LogP contribution in [0, 0.1) is 0 Å². The molecule has 0 unspecified atom stereocenters. The lowest BCUT2D eigenvalue weighted by Crippen LogP contribution is -2.41. The zero-order chi connectivity index (χ0) is 21.9. The summed E-state index contributed by atoms with van der Waals surface area (Å²) in [6.45, 7) is 2.70. The molecule has 158 valence electrons. The molecule has 3 rings (SSSR count). The third kappa shape index (κ3) is 5.35. The van der Waals surface area contributed by atoms with Gasteiger partial charge in [0.1, 0.15) is 5.75 Å². The van der Waals surface area contributed by atoms with E-state index in [-0.39, 0.29) is 28.5 Å². The summed E-state index contributed by atoms with van der Waals surface area (Å²) in [7, 11) is 0. The van der Waals surface area contributed by atoms with Crippen LogP contribution in [-0.2, 0) is 4.79 Å². The number of benzene rings is 2. The lowest BCUT2D eigenvalue weighted by atomic mass is 10.1. The van der Waals surface area contributed by atoms with Gasteiger partial charge in [0, 0.05) is 5.54 Å². The Morgan fingerprint density at radius 1 is 1.17 bits per heavy atom. The Morgan fingerprint density at radius 2 is 1.83 bits per heavy atom. The molecule has 1 N–H and O–H groups in total. The molecule has 0 fully saturated rings. The van der Waals surface area contributed by atoms with Crippen molar-refractivity contribution < 1.29 is 18.3 Å². The summed E-state index contributed by atoms with van der Waals surface area (Å²) in [6, 6.07) is 12.6. The average molecular weight is 433 g/mol. The van der Waals surface area contributed by atoms with Gasteiger partial charge in [0.2, 0.25) is 5.91 Å². The van der Waals surface area contributed by atoms with E-state index in [0.717, 1.165) is 11.8 Å². The second-order valence-electron chi connectivity index (χ2n) is 7.51. The van der Waals surface area contributed by atoms with Crippen molar-refractivity contribution in [1.82, 2.24) is 14.9 Å². The molecule has 1 amide bonds. The Morgan fingerprint density at radius 3 is 2.47 bits per heavy atom. The molecule has 1 aromatic heterocycles. The third-order valence-corrected chi connectivity index (χ3v) is 4.85. The number of thioether (sulfide) groups is 1. The number of ether oxygens (including phenoxy) is 1. The van der Waals surface area contributed by atoms with Crippen LogP contribution in [0.25, 0.3) is 16.6 Å². The number of nitrogens with zero attached hydrogens (tertiary/aromatic N) is 2. The van der Waals surface area contributed by atoms with Gasteiger partial charge in [-0.1, -0.05) is 23.9 Å². The van der Waals surface area contributed by atoms with E-state index >= 15 is 0 Å². The highest BCUT2D eigenvalue weighted by molar-refractivity contribution is 7.99. The first kappa shape index (κ1) is 21.8. The minimum absolute atomic E-state index is 0.0192. The maximum atomic E-state index is 13.1. The summed E-state index contributed by atoms with van der Waals surface area (Å²) < 4.78 is 30.6. The van der Waals surface area contributed by atoms with Crippen LogP contribution in [0.2, 0.25) is 0 Å². The lowest BCUT2D eigenvalue weighted by molar-refractivity contribution is -0.119. The molecular weight excluding hydrogens is 412 g/mol. The fraction of sp³-hybridized carbons (Fsp3) is 0.286. The second-order valence-corrected chi connectivity index (χ2v) is 8.45. The first-order valence-electron chi connectivity index (χ1n) is 9.15. The summed E-state index contributed by atoms with van der Waals surface area (Å²) in [5.74, 6) is -0.148. The molecule has 0 aliphatic rings. The monoisotopic (exact) mass is 433 g/mol. The van der Waals surface area contributed by atoms with E-state index in [1.807, 2.05) is 20.8 Å². The molecule has 9 heteroatoms. The number of fused-ring (bicyclic) bond motifs is 1. The van der Waals surface area contributed by atoms with E-state index in [4.69, 9.17) is 0 Å². The van der Waals surface area contributed by atoms with Crippen LogP contribution in [-0.4, -0.2) is 33.4 Å². The zero-order valence-corrected chi connectivity index (χ0v) is 17.5. The minimum Gasteiger partial charge on any atom is -0.435 e. The van der Waals surface area contributed by atoms with Gasteiger partial charge >= 0.3 is 6.61 Å². The maximum absolute atomic E-state index is 13.1. The van der Waals surface area contributed by atoms with Gasteiger partial charge in [-0.3, -0.25) is 14.2 Å². The molecule has 0 aliphatic heterocycles. The Labute approximate surface area is 176 Å². The standard InChI is InChI=1S/C21H21F2N3O3S/c1-21(2,3)25-17(27)12-30-20-24-16-7-5-4-6-15(16)18(28)26(20)13-8-10-14(11-9-13)29-19(22)23/h4-11,19H,12H2,1-3H3,(H,25,27). The summed E-state index contributed by atoms with van der Waals surface area (Å²) in [5, 5.41) is 3.60. The van der Waals surface area contributed by atoms with Crippen molar-refractivity contribution in [1.29, 1.82) is 0 Å². The maximum Gasteiger partial charge on any atom is 0.387 e. The number of rotatable bonds is 6. The van der Waals surface area contributed by atoms with Crippen LogP contribution in [0.4, 0.5) is 8.78 Å². The predicted molar refractivity (Wildman–Crippen MR) is 113 cm³/mol. The van der Waals surface area contributed by atoms with Gasteiger partial charge < -0.3 is 10.1 Å². The third-order valence-electron chi connectivity index (χ3n) is 3.91. The van der Waals surface area contributed by atoms with Crippen molar-refractivity contribution >= 4 is 28.6 Å². The van der Waals surface area contributed by atoms with E-state index < -0.39 is 6.61 Å². The van der Waals surface area contributed by atoms with E-state index in [2.05, 4.69) is 15.0 Å². The number of amides is 1. The molecular formula is C21H21F2N3O3S. The lowest BCUT2D eigenvalue weighted by Gasteiger charge is -2.20. The van der Waals surface area contributed by atoms with E-state index in [9.17, 15) is 18.4 Å². The molecule has 30 heavy (non-hydrogen) atoms. The van der Waals surface area contributed by atoms with Gasteiger partial charge in [-0.2, -0.15) is 8.78 Å². The summed E-state index contributed by atoms with van der Waals surface area (Å²) in [5.41, 5.74) is 0.241. The quantitative estimate of drug-likeness (QED) is 0.470. The highest BCUT2D eigenvalue weighted by Gasteiger charge is 2.18. The summed E-state index contributed by atoms with van der Waals surface area (Å²) in [4.78, 5) is 29.9. The first-order chi connectivity index (χ1) is 14.1. The Balaban J connectivity index is 2.01. The van der Waals surface area contributed by atoms with E-state index in [1.165, 1.54) is 28.8 Å². The second kappa shape index (κ2) is 8.83. The molecule has 1 heterocycles. The van der Waals surface area contributed by atoms with Gasteiger partial charge in [-0.05, 0) is 57.2 Å². The SMILES string of the molecule is CC(C)(C)NC(=O)CSc1nc2ccccc2c(=O)n1-c1ccc(OC(F)F)cc1. The van der Waals surface area contributed by atoms with Crippen LogP contribution >= 0.6 is 11.8 Å². The highest BCUT2D eigenvalue weighted by atomic mass is 32.2. The molecule has 0 radical (unpaired) electrons. The molecule has 0 saturated carbocycles. The van der Waals surface area contributed by atoms with Gasteiger partial charge in [-0.25, -0.2) is 4.98 Å². The first-order valence-corrected chi connectivity index (χ1v) is 10.1. The van der Waals surface area contributed by atoms with Crippen LogP contribution in [0.5, 0.6) is 5.75 Å². The molecule has 2 aromatic carbocycles. The number of carbonyl (C=O) groups excluding carboxylic acids is 1. The van der Waals surface area contributed by atoms with Crippen LogP contribution in [0.15, 0.2) is 58.5 Å². The van der Waals surface area contributed by atoms with Gasteiger partial charge in [-0.15, -0.1) is 0 Å². The summed E-state index contributed by atoms with van der Waals surface area (Å²) in [6.07, 6.45) is 0. The van der Waals surface area contributed by atoms with Crippen molar-refractivity contribution in [2.45, 2.75) is 38.1 Å². The van der Waals surface area contributed by atoms with Gasteiger partial charge in [0.15, 0.2) is 5.16 Å². The van der Waals surface area contributed by atoms with Crippen molar-refractivity contribution in [3.63, 3.8) is 0 Å². The topological polar surface area (TPSA) is 73.2 Å². The molecule has 0 spiro atoms. The van der Waals surface area contributed by atoms with Crippen LogP contribution in [0.3, 0.4) is 0 Å². The number of hydrogen-bond acceptors (Lipinski definition) is 5. The van der Waals surface area contributed by atoms with Crippen molar-refractivity contribution in [2.75, 3.05) is 5.75 Å². The normalized spacial score (nSPS) is 11.7. The Bertz CT molecular complexity index is 1110. The number of alkyl halides is 2. The van der Waals surface area contributed by atoms with Crippen LogP contribution < -0.4 is 15.6 Å². The van der Waals surface area contributed by atoms with Crippen molar-refractivity contribution in [3.05, 3.63) is 58.9 Å². The number of hydrogen-bond donors (Lipinski definition) is 1. The fourth-order valence-electron chi connectivity index (χ4n) is 2.80. The minimum atomic E-state index is -2.94. The smallest absolute Gasteiger partial charge is 0.387 e. The molecule has 0 aliphatic carbocycles. The van der Waals surface area contributed by atoms with Gasteiger partial charge in [0.05, 0.1) is 22.3 Å². The fourth-order valence-corrected chi connectivity index (χ4v) is 3.61. The van der Waals surface area contributed by atoms with Crippen LogP contribution in [0.1, 0.15) is 20.8 Å². The summed E-state index contributed by atoms with van der Waals surface area (Å²) >= 11 is 1.12. The van der Waals surface area contributed by atoms with E-state index in [0.29, 0.717) is 21.7 Å². The number of carbonyl (C=O) groups is 1. The Hall–Kier alpha value is -2.94. The largest absolute Gasteiger partial charge is 0.435 e. The number of aromatic nitrogens is 2. The van der Waals surface area contributed by atoms with Crippen molar-refractivity contribution in [2.24, 2.45) is 0 Å². The number of nitrogens with one attached hydrogen (secondary N) is 1. The number of halogens is 2. The molecule has 0 saturated heterocycles. The number of para-hydroxylation sites is 1. The molecule has 0 atom stereocenters. The van der Waals surface area contributed by atoms with Crippen molar-refractivity contribution in [3.8, 4) is 11.4 Å². The average Bonchev–Trinajstić information content (AvgIpc) is 2.66. The molecule has 3 aromatic rings. The van der Waals surface area contributed by atoms with E-state index in [1.54, 1.807) is 24.3 Å². The molecule has 0 bridgehead atoms. The predicted octanol–water partition coefficient (Wildman–Crippen LogP) is 3.99. The Kier molecular flexibility index (Phi) is 6.40. The molecule has 6 nitrogen and oxygen atoms in total. The highest BCUT2D eigenvalue weighted by Crippen LogP contribution is 2.23.